The molecule has 1 saturated heterocycles. The summed E-state index contributed by atoms with van der Waals surface area (Å²) in [4.78, 5) is 23.5. The maximum Gasteiger partial charge on any atom is 0.471 e. The molecule has 0 radical (unpaired) electrons. The fraction of sp³-hybridized carbons (Fsp3) is 0.800. The van der Waals surface area contributed by atoms with Gasteiger partial charge >= 0.3 is 18.1 Å². The van der Waals surface area contributed by atoms with E-state index in [1.165, 1.54) is 0 Å². The molecule has 1 amide bonds. The Balaban J connectivity index is 2.77. The average Bonchev–Trinajstić information content (AvgIpc) is 2.60. The number of carbonyl (C=O) groups excluding carboxylic acids is 2. The monoisotopic (exact) mass is 283 g/mol. The number of alkyl halides is 3. The Kier molecular flexibility index (Phi) is 4.09. The van der Waals surface area contributed by atoms with Crippen LogP contribution in [0, 0.1) is 0 Å². The van der Waals surface area contributed by atoms with E-state index in [1.54, 1.807) is 19.6 Å². The predicted molar refractivity (Wildman–Crippen MR) is 60.2 cm³/mol. The van der Waals surface area contributed by atoms with E-state index >= 15 is 0 Å². The molecule has 1 atom stereocenters. The van der Waals surface area contributed by atoms with Gasteiger partial charge in [0.15, 0.2) is 0 Å². The van der Waals surface area contributed by atoms with Crippen molar-refractivity contribution in [1.82, 2.24) is 4.90 Å². The first-order valence-corrected chi connectivity index (χ1v) is 9.04. The first-order chi connectivity index (χ1) is 8.02. The third kappa shape index (κ3) is 3.72. The van der Waals surface area contributed by atoms with E-state index in [-0.39, 0.29) is 13.0 Å². The summed E-state index contributed by atoms with van der Waals surface area (Å²) < 4.78 is 42.2. The first-order valence-electron chi connectivity index (χ1n) is 5.63. The molecular weight excluding hydrogens is 267 g/mol. The summed E-state index contributed by atoms with van der Waals surface area (Å²) in [6, 6.07) is -1.09. The fourth-order valence-electron chi connectivity index (χ4n) is 1.79. The van der Waals surface area contributed by atoms with E-state index in [4.69, 9.17) is 4.43 Å². The molecule has 1 aliphatic heterocycles. The Morgan fingerprint density at radius 1 is 1.28 bits per heavy atom. The standard InChI is InChI=1S/C10H16F3NO3Si/c1-18(2,3)17-8(15)7-5-4-6-14(7)9(16)10(11,12)13/h7H,4-6H2,1-3H3. The Bertz CT molecular complexity index is 351. The van der Waals surface area contributed by atoms with Crippen LogP contribution in [-0.4, -0.2) is 43.9 Å². The minimum Gasteiger partial charge on any atom is -0.518 e. The maximum absolute atomic E-state index is 12.3. The smallest absolute Gasteiger partial charge is 0.471 e. The van der Waals surface area contributed by atoms with Crippen molar-refractivity contribution in [1.29, 1.82) is 0 Å². The number of amides is 1. The highest BCUT2D eigenvalue weighted by Crippen LogP contribution is 2.26. The normalized spacial score (nSPS) is 21.0. The van der Waals surface area contributed by atoms with Gasteiger partial charge in [-0.1, -0.05) is 0 Å². The molecule has 0 aromatic carbocycles. The van der Waals surface area contributed by atoms with Gasteiger partial charge in [-0.25, -0.2) is 0 Å². The predicted octanol–water partition coefficient (Wildman–Crippen LogP) is 1.92. The maximum atomic E-state index is 12.3. The summed E-state index contributed by atoms with van der Waals surface area (Å²) in [5, 5.41) is 0. The van der Waals surface area contributed by atoms with Crippen LogP contribution < -0.4 is 0 Å². The van der Waals surface area contributed by atoms with Crippen molar-refractivity contribution in [2.24, 2.45) is 0 Å². The van der Waals surface area contributed by atoms with Crippen LogP contribution in [-0.2, 0) is 14.0 Å². The second-order valence-corrected chi connectivity index (χ2v) is 9.62. The zero-order valence-electron chi connectivity index (χ0n) is 10.5. The topological polar surface area (TPSA) is 46.6 Å². The van der Waals surface area contributed by atoms with Gasteiger partial charge in [0, 0.05) is 6.54 Å². The number of nitrogens with zero attached hydrogens (tertiary/aromatic N) is 1. The Morgan fingerprint density at radius 3 is 2.28 bits per heavy atom. The van der Waals surface area contributed by atoms with Crippen molar-refractivity contribution in [3.8, 4) is 0 Å². The number of hydrogen-bond acceptors (Lipinski definition) is 3. The van der Waals surface area contributed by atoms with Gasteiger partial charge in [-0.05, 0) is 32.5 Å². The summed E-state index contributed by atoms with van der Waals surface area (Å²) >= 11 is 0. The molecule has 0 aromatic rings. The Hall–Kier alpha value is -1.05. The molecule has 1 heterocycles. The largest absolute Gasteiger partial charge is 0.518 e. The molecule has 0 spiro atoms. The summed E-state index contributed by atoms with van der Waals surface area (Å²) in [6.07, 6.45) is -4.33. The quantitative estimate of drug-likeness (QED) is 0.727. The van der Waals surface area contributed by atoms with Crippen molar-refractivity contribution in [2.45, 2.75) is 44.7 Å². The molecule has 4 nitrogen and oxygen atoms in total. The molecule has 1 unspecified atom stereocenters. The number of likely N-dealkylation sites (tertiary alicyclic amines) is 1. The molecule has 0 saturated carbocycles. The van der Waals surface area contributed by atoms with Gasteiger partial charge in [0.1, 0.15) is 6.04 Å². The zero-order chi connectivity index (χ0) is 14.1. The van der Waals surface area contributed by atoms with E-state index in [0.717, 1.165) is 0 Å². The summed E-state index contributed by atoms with van der Waals surface area (Å²) in [6.45, 7) is 5.23. The number of rotatable bonds is 2. The molecule has 104 valence electrons. The molecular formula is C10H16F3NO3Si. The lowest BCUT2D eigenvalue weighted by atomic mass is 10.2. The van der Waals surface area contributed by atoms with E-state index in [0.29, 0.717) is 11.3 Å². The zero-order valence-corrected chi connectivity index (χ0v) is 11.5. The van der Waals surface area contributed by atoms with Gasteiger partial charge in [-0.2, -0.15) is 13.2 Å². The SMILES string of the molecule is C[Si](C)(C)OC(=O)C1CCCN1C(=O)C(F)(F)F. The number of carbonyl (C=O) groups is 2. The second kappa shape index (κ2) is 4.91. The van der Waals surface area contributed by atoms with E-state index in [2.05, 4.69) is 0 Å². The van der Waals surface area contributed by atoms with E-state index in [9.17, 15) is 22.8 Å². The van der Waals surface area contributed by atoms with Crippen LogP contribution in [0.1, 0.15) is 12.8 Å². The van der Waals surface area contributed by atoms with Crippen LogP contribution in [0.25, 0.3) is 0 Å². The lowest BCUT2D eigenvalue weighted by molar-refractivity contribution is -0.187. The minimum atomic E-state index is -4.94. The lowest BCUT2D eigenvalue weighted by Gasteiger charge is -2.27. The third-order valence-electron chi connectivity index (χ3n) is 2.44. The molecule has 1 aliphatic rings. The summed E-state index contributed by atoms with van der Waals surface area (Å²) in [7, 11) is -2.17. The number of hydrogen-bond donors (Lipinski definition) is 0. The lowest BCUT2D eigenvalue weighted by Crippen LogP contribution is -2.49. The highest BCUT2D eigenvalue weighted by Gasteiger charge is 2.48. The van der Waals surface area contributed by atoms with Crippen LogP contribution in [0.2, 0.25) is 19.6 Å². The van der Waals surface area contributed by atoms with Gasteiger partial charge in [-0.3, -0.25) is 9.59 Å². The van der Waals surface area contributed by atoms with E-state index < -0.39 is 32.4 Å². The molecule has 0 N–H and O–H groups in total. The van der Waals surface area contributed by atoms with Crippen molar-refractivity contribution in [3.63, 3.8) is 0 Å². The first kappa shape index (κ1) is 15.0. The molecule has 1 rings (SSSR count). The van der Waals surface area contributed by atoms with Gasteiger partial charge in [0.2, 0.25) is 8.32 Å². The summed E-state index contributed by atoms with van der Waals surface area (Å²) in [5.74, 6) is -2.68. The molecule has 8 heteroatoms. The van der Waals surface area contributed by atoms with Crippen molar-refractivity contribution < 1.29 is 27.2 Å². The minimum absolute atomic E-state index is 0.0518. The number of halogens is 3. The Morgan fingerprint density at radius 2 is 1.83 bits per heavy atom. The van der Waals surface area contributed by atoms with Gasteiger partial charge in [0.05, 0.1) is 0 Å². The molecule has 0 bridgehead atoms. The van der Waals surface area contributed by atoms with Crippen LogP contribution in [0.3, 0.4) is 0 Å². The van der Waals surface area contributed by atoms with Gasteiger partial charge < -0.3 is 9.33 Å². The molecule has 1 fully saturated rings. The third-order valence-corrected chi connectivity index (χ3v) is 3.25. The van der Waals surface area contributed by atoms with Crippen LogP contribution >= 0.6 is 0 Å². The highest BCUT2D eigenvalue weighted by molar-refractivity contribution is 6.71. The van der Waals surface area contributed by atoms with Crippen molar-refractivity contribution in [2.75, 3.05) is 6.54 Å². The van der Waals surface area contributed by atoms with Crippen molar-refractivity contribution in [3.05, 3.63) is 0 Å². The average molecular weight is 283 g/mol. The van der Waals surface area contributed by atoms with E-state index in [1.807, 2.05) is 0 Å². The van der Waals surface area contributed by atoms with Gasteiger partial charge in [-0.15, -0.1) is 0 Å². The fourth-order valence-corrected chi connectivity index (χ4v) is 2.53. The van der Waals surface area contributed by atoms with Crippen LogP contribution in [0.5, 0.6) is 0 Å². The Labute approximate surface area is 104 Å². The highest BCUT2D eigenvalue weighted by atomic mass is 28.4. The second-order valence-electron chi connectivity index (χ2n) is 5.19. The van der Waals surface area contributed by atoms with Gasteiger partial charge in [0.25, 0.3) is 0 Å². The van der Waals surface area contributed by atoms with Crippen LogP contribution in [0.4, 0.5) is 13.2 Å². The molecule has 18 heavy (non-hydrogen) atoms. The molecule has 0 aliphatic carbocycles. The molecule has 0 aromatic heterocycles. The van der Waals surface area contributed by atoms with Crippen LogP contribution in [0.15, 0.2) is 0 Å². The van der Waals surface area contributed by atoms with Crippen molar-refractivity contribution >= 4 is 20.2 Å². The summed E-state index contributed by atoms with van der Waals surface area (Å²) in [5.41, 5.74) is 0.